The second kappa shape index (κ2) is 11.5. The summed E-state index contributed by atoms with van der Waals surface area (Å²) in [5, 5.41) is 13.9. The van der Waals surface area contributed by atoms with Crippen LogP contribution in [0.25, 0.3) is 10.9 Å². The van der Waals surface area contributed by atoms with Crippen LogP contribution in [0, 0.1) is 0 Å². The molecule has 3 aromatic carbocycles. The lowest BCUT2D eigenvalue weighted by atomic mass is 9.71. The van der Waals surface area contributed by atoms with Gasteiger partial charge in [0, 0.05) is 38.9 Å². The second-order valence-corrected chi connectivity index (χ2v) is 11.4. The van der Waals surface area contributed by atoms with E-state index < -0.39 is 11.5 Å². The number of amides is 1. The number of piperidine rings is 1. The number of likely N-dealkylation sites (tertiary alicyclic amines) is 1. The number of ether oxygens (including phenoxy) is 2. The maximum absolute atomic E-state index is 13.0. The molecule has 1 aliphatic rings. The van der Waals surface area contributed by atoms with Gasteiger partial charge in [-0.3, -0.25) is 0 Å². The average Bonchev–Trinajstić information content (AvgIpc) is 2.93. The van der Waals surface area contributed by atoms with Crippen molar-refractivity contribution in [2.24, 2.45) is 0 Å². The third kappa shape index (κ3) is 5.91. The lowest BCUT2D eigenvalue weighted by Gasteiger charge is -2.46. The van der Waals surface area contributed by atoms with Crippen LogP contribution in [0.3, 0.4) is 0 Å². The van der Waals surface area contributed by atoms with Crippen molar-refractivity contribution in [2.45, 2.75) is 43.9 Å². The van der Waals surface area contributed by atoms with Gasteiger partial charge in [0.15, 0.2) is 0 Å². The minimum atomic E-state index is -1.18. The molecule has 0 spiro atoms. The number of halogens is 2. The highest BCUT2D eigenvalue weighted by Crippen LogP contribution is 2.46. The molecule has 0 radical (unpaired) electrons. The SMILES string of the molecule is COc1nc2ccc(Br)cc2cc1C(c1ccc(Cl)cc1)C1(O)CCN(C(=O)OCc2ccccc2)C(C)C1. The zero-order valence-electron chi connectivity index (χ0n) is 21.8. The summed E-state index contributed by atoms with van der Waals surface area (Å²) in [5.74, 6) is -0.0129. The molecule has 0 bridgehead atoms. The first-order chi connectivity index (χ1) is 18.8. The number of nitrogens with zero attached hydrogens (tertiary/aromatic N) is 2. The molecule has 2 heterocycles. The van der Waals surface area contributed by atoms with E-state index in [9.17, 15) is 9.90 Å². The molecule has 39 heavy (non-hydrogen) atoms. The number of pyridine rings is 1. The van der Waals surface area contributed by atoms with Crippen LogP contribution in [0.4, 0.5) is 4.79 Å². The summed E-state index contributed by atoms with van der Waals surface area (Å²) < 4.78 is 12.3. The van der Waals surface area contributed by atoms with E-state index in [2.05, 4.69) is 15.9 Å². The van der Waals surface area contributed by atoms with Gasteiger partial charge in [-0.05, 0) is 67.3 Å². The van der Waals surface area contributed by atoms with Crippen molar-refractivity contribution in [2.75, 3.05) is 13.7 Å². The Kier molecular flexibility index (Phi) is 8.12. The summed E-state index contributed by atoms with van der Waals surface area (Å²) in [6.07, 6.45) is 0.316. The molecule has 3 atom stereocenters. The van der Waals surface area contributed by atoms with E-state index in [-0.39, 0.29) is 18.7 Å². The number of benzene rings is 3. The highest BCUT2D eigenvalue weighted by Gasteiger charge is 2.46. The van der Waals surface area contributed by atoms with E-state index in [0.717, 1.165) is 32.1 Å². The molecule has 5 rings (SSSR count). The molecule has 202 valence electrons. The van der Waals surface area contributed by atoms with Crippen LogP contribution in [0.5, 0.6) is 5.88 Å². The van der Waals surface area contributed by atoms with Crippen molar-refractivity contribution < 1.29 is 19.4 Å². The molecule has 1 saturated heterocycles. The highest BCUT2D eigenvalue weighted by molar-refractivity contribution is 9.10. The van der Waals surface area contributed by atoms with Crippen LogP contribution in [0.1, 0.15) is 42.4 Å². The van der Waals surface area contributed by atoms with E-state index in [0.29, 0.717) is 30.3 Å². The maximum Gasteiger partial charge on any atom is 0.410 e. The standard InChI is InChI=1S/C31H30BrClN2O4/c1-20-18-31(37,14-15-35(20)30(36)39-19-21-6-4-3-5-7-21)28(22-8-11-25(33)12-9-22)26-17-23-16-24(32)10-13-27(23)34-29(26)38-2/h3-13,16-17,20,28,37H,14-15,18-19H2,1-2H3. The summed E-state index contributed by atoms with van der Waals surface area (Å²) >= 11 is 9.78. The zero-order valence-corrected chi connectivity index (χ0v) is 24.2. The van der Waals surface area contributed by atoms with Crippen LogP contribution in [-0.4, -0.2) is 46.4 Å². The molecule has 0 saturated carbocycles. The molecule has 6 nitrogen and oxygen atoms in total. The number of carbonyl (C=O) groups is 1. The predicted octanol–water partition coefficient (Wildman–Crippen LogP) is 7.34. The summed E-state index contributed by atoms with van der Waals surface area (Å²) in [4.78, 5) is 19.5. The Balaban J connectivity index is 1.47. The Morgan fingerprint density at radius 1 is 1.15 bits per heavy atom. The fraction of sp³-hybridized carbons (Fsp3) is 0.290. The number of aromatic nitrogens is 1. The number of aliphatic hydroxyl groups is 1. The Labute approximate surface area is 241 Å². The topological polar surface area (TPSA) is 71.9 Å². The lowest BCUT2D eigenvalue weighted by molar-refractivity contribution is -0.0520. The first kappa shape index (κ1) is 27.4. The summed E-state index contributed by atoms with van der Waals surface area (Å²) in [7, 11) is 1.59. The first-order valence-electron chi connectivity index (χ1n) is 12.9. The molecule has 1 amide bonds. The van der Waals surface area contributed by atoms with Crippen molar-refractivity contribution >= 4 is 44.5 Å². The quantitative estimate of drug-likeness (QED) is 0.248. The highest BCUT2D eigenvalue weighted by atomic mass is 79.9. The third-order valence-electron chi connectivity index (χ3n) is 7.42. The van der Waals surface area contributed by atoms with Gasteiger partial charge in [0.05, 0.1) is 18.2 Å². The molecule has 1 aliphatic heterocycles. The number of methoxy groups -OCH3 is 1. The van der Waals surface area contributed by atoms with Crippen molar-refractivity contribution in [1.29, 1.82) is 0 Å². The molecule has 1 N–H and O–H groups in total. The summed E-state index contributed by atoms with van der Waals surface area (Å²) in [6, 6.07) is 24.8. The first-order valence-corrected chi connectivity index (χ1v) is 14.0. The van der Waals surface area contributed by atoms with Gasteiger partial charge < -0.3 is 19.5 Å². The number of hydrogen-bond acceptors (Lipinski definition) is 5. The fourth-order valence-electron chi connectivity index (χ4n) is 5.54. The van der Waals surface area contributed by atoms with E-state index in [1.807, 2.05) is 85.8 Å². The number of rotatable bonds is 6. The van der Waals surface area contributed by atoms with Crippen molar-refractivity contribution in [3.8, 4) is 5.88 Å². The maximum atomic E-state index is 13.0. The fourth-order valence-corrected chi connectivity index (χ4v) is 6.05. The lowest BCUT2D eigenvalue weighted by Crippen LogP contribution is -2.54. The van der Waals surface area contributed by atoms with Gasteiger partial charge in [0.25, 0.3) is 0 Å². The van der Waals surface area contributed by atoms with Crippen LogP contribution >= 0.6 is 27.5 Å². The van der Waals surface area contributed by atoms with Gasteiger partial charge in [0.2, 0.25) is 5.88 Å². The molecule has 4 aromatic rings. The Bertz CT molecular complexity index is 1470. The average molecular weight is 610 g/mol. The van der Waals surface area contributed by atoms with Crippen LogP contribution in [0.15, 0.2) is 83.3 Å². The number of hydrogen-bond donors (Lipinski definition) is 1. The van der Waals surface area contributed by atoms with E-state index in [1.54, 1.807) is 12.0 Å². The van der Waals surface area contributed by atoms with Crippen molar-refractivity contribution in [3.63, 3.8) is 0 Å². The van der Waals surface area contributed by atoms with Gasteiger partial charge >= 0.3 is 6.09 Å². The minimum absolute atomic E-state index is 0.204. The molecular weight excluding hydrogens is 580 g/mol. The van der Waals surface area contributed by atoms with Crippen molar-refractivity contribution in [1.82, 2.24) is 9.88 Å². The number of fused-ring (bicyclic) bond motifs is 1. The molecule has 0 aliphatic carbocycles. The normalized spacial score (nSPS) is 20.0. The molecule has 8 heteroatoms. The Hall–Kier alpha value is -3.13. The molecule has 1 fully saturated rings. The molecule has 1 aromatic heterocycles. The van der Waals surface area contributed by atoms with Gasteiger partial charge in [-0.25, -0.2) is 9.78 Å². The summed E-state index contributed by atoms with van der Waals surface area (Å²) in [5.41, 5.74) is 2.21. The largest absolute Gasteiger partial charge is 0.481 e. The number of carbonyl (C=O) groups excluding carboxylic acids is 1. The predicted molar refractivity (Wildman–Crippen MR) is 156 cm³/mol. The minimum Gasteiger partial charge on any atom is -0.481 e. The molecular formula is C31H30BrClN2O4. The van der Waals surface area contributed by atoms with E-state index in [4.69, 9.17) is 26.1 Å². The monoisotopic (exact) mass is 608 g/mol. The van der Waals surface area contributed by atoms with Crippen LogP contribution in [0.2, 0.25) is 5.02 Å². The molecule has 3 unspecified atom stereocenters. The van der Waals surface area contributed by atoms with Gasteiger partial charge in [-0.2, -0.15) is 0 Å². The van der Waals surface area contributed by atoms with Crippen molar-refractivity contribution in [3.05, 3.63) is 105 Å². The van der Waals surface area contributed by atoms with E-state index in [1.165, 1.54) is 0 Å². The zero-order chi connectivity index (χ0) is 27.6. The second-order valence-electron chi connectivity index (χ2n) is 10.0. The van der Waals surface area contributed by atoms with Crippen LogP contribution < -0.4 is 4.74 Å². The van der Waals surface area contributed by atoms with Gasteiger partial charge in [-0.15, -0.1) is 0 Å². The Morgan fingerprint density at radius 2 is 1.90 bits per heavy atom. The van der Waals surface area contributed by atoms with E-state index >= 15 is 0 Å². The Morgan fingerprint density at radius 3 is 2.59 bits per heavy atom. The summed E-state index contributed by atoms with van der Waals surface area (Å²) in [6.45, 7) is 2.50. The smallest absolute Gasteiger partial charge is 0.410 e. The van der Waals surface area contributed by atoms with Gasteiger partial charge in [0.1, 0.15) is 6.61 Å². The van der Waals surface area contributed by atoms with Crippen LogP contribution in [-0.2, 0) is 11.3 Å². The van der Waals surface area contributed by atoms with Gasteiger partial charge in [-0.1, -0.05) is 70.0 Å². The third-order valence-corrected chi connectivity index (χ3v) is 8.17.